The molecule has 146 valence electrons. The molecule has 2 bridgehead atoms. The standard InChI is InChI=1S/C21H19FN6O/c22-15-10-14(11-24-12-15)18-3-4-19-20(26-18)28(17-5-8-27(19)9-6-17)21(29)25-16-2-1-7-23-13-16/h1-4,7,10-13,17H,5-6,8-9H2,(H,25,29). The van der Waals surface area contributed by atoms with Gasteiger partial charge in [-0.1, -0.05) is 0 Å². The second kappa shape index (κ2) is 7.12. The summed E-state index contributed by atoms with van der Waals surface area (Å²) in [5.74, 6) is 0.169. The molecule has 0 spiro atoms. The molecule has 0 aliphatic carbocycles. The zero-order valence-electron chi connectivity index (χ0n) is 15.6. The zero-order valence-corrected chi connectivity index (χ0v) is 15.6. The topological polar surface area (TPSA) is 74.2 Å². The third-order valence-electron chi connectivity index (χ3n) is 5.39. The molecule has 3 aliphatic heterocycles. The number of piperidine rings is 1. The largest absolute Gasteiger partial charge is 0.368 e. The Hall–Kier alpha value is -3.55. The van der Waals surface area contributed by atoms with Gasteiger partial charge >= 0.3 is 6.03 Å². The molecule has 0 unspecified atom stereocenters. The second-order valence-electron chi connectivity index (χ2n) is 7.19. The van der Waals surface area contributed by atoms with Gasteiger partial charge < -0.3 is 10.2 Å². The highest BCUT2D eigenvalue weighted by molar-refractivity contribution is 6.04. The Balaban J connectivity index is 1.57. The molecule has 1 saturated heterocycles. The number of urea groups is 1. The van der Waals surface area contributed by atoms with Gasteiger partial charge in [0.15, 0.2) is 5.82 Å². The fourth-order valence-electron chi connectivity index (χ4n) is 4.00. The van der Waals surface area contributed by atoms with E-state index in [4.69, 9.17) is 4.98 Å². The number of anilines is 3. The van der Waals surface area contributed by atoms with Crippen molar-refractivity contribution < 1.29 is 9.18 Å². The Morgan fingerprint density at radius 2 is 1.97 bits per heavy atom. The Morgan fingerprint density at radius 1 is 1.10 bits per heavy atom. The molecule has 0 atom stereocenters. The molecular formula is C21H19FN6O. The molecule has 1 N–H and O–H groups in total. The number of hydrogen-bond acceptors (Lipinski definition) is 5. The van der Waals surface area contributed by atoms with Crippen LogP contribution in [0.25, 0.3) is 11.3 Å². The minimum atomic E-state index is -0.422. The van der Waals surface area contributed by atoms with E-state index in [1.54, 1.807) is 35.6 Å². The van der Waals surface area contributed by atoms with Crippen LogP contribution in [-0.2, 0) is 0 Å². The van der Waals surface area contributed by atoms with Gasteiger partial charge in [0.05, 0.1) is 29.5 Å². The average Bonchev–Trinajstić information content (AvgIpc) is 3.00. The van der Waals surface area contributed by atoms with E-state index < -0.39 is 5.82 Å². The van der Waals surface area contributed by atoms with E-state index in [9.17, 15) is 9.18 Å². The maximum Gasteiger partial charge on any atom is 0.327 e. The number of nitrogens with zero attached hydrogens (tertiary/aromatic N) is 5. The number of nitrogens with one attached hydrogen (secondary N) is 1. The summed E-state index contributed by atoms with van der Waals surface area (Å²) in [7, 11) is 0. The summed E-state index contributed by atoms with van der Waals surface area (Å²) >= 11 is 0. The first-order chi connectivity index (χ1) is 14.2. The lowest BCUT2D eigenvalue weighted by Gasteiger charge is -2.31. The molecule has 29 heavy (non-hydrogen) atoms. The van der Waals surface area contributed by atoms with Crippen molar-refractivity contribution in [2.75, 3.05) is 28.2 Å². The SMILES string of the molecule is O=C(Nc1cccnc1)N1c2nc(-c3cncc(F)c3)ccc2N2CCC1CC2. The number of halogens is 1. The van der Waals surface area contributed by atoms with Gasteiger partial charge in [-0.3, -0.25) is 14.9 Å². The third-order valence-corrected chi connectivity index (χ3v) is 5.39. The number of pyridine rings is 3. The highest BCUT2D eigenvalue weighted by atomic mass is 19.1. The normalized spacial score (nSPS) is 15.8. The van der Waals surface area contributed by atoms with Gasteiger partial charge in [0.1, 0.15) is 5.82 Å². The van der Waals surface area contributed by atoms with Crippen molar-refractivity contribution in [2.24, 2.45) is 0 Å². The quantitative estimate of drug-likeness (QED) is 0.722. The summed E-state index contributed by atoms with van der Waals surface area (Å²) < 4.78 is 13.7. The van der Waals surface area contributed by atoms with Crippen LogP contribution in [0.2, 0.25) is 0 Å². The van der Waals surface area contributed by atoms with Crippen molar-refractivity contribution in [2.45, 2.75) is 18.9 Å². The van der Waals surface area contributed by atoms with Crippen molar-refractivity contribution >= 4 is 23.2 Å². The first kappa shape index (κ1) is 17.5. The molecule has 8 heteroatoms. The number of fused-ring (bicyclic) bond motifs is 2. The van der Waals surface area contributed by atoms with Crippen LogP contribution in [0, 0.1) is 5.82 Å². The van der Waals surface area contributed by atoms with E-state index in [1.165, 1.54) is 6.07 Å². The Labute approximate surface area is 167 Å². The summed E-state index contributed by atoms with van der Waals surface area (Å²) in [6, 6.07) is 8.59. The minimum absolute atomic E-state index is 0.0533. The third kappa shape index (κ3) is 3.26. The molecule has 0 radical (unpaired) electrons. The van der Waals surface area contributed by atoms with Crippen LogP contribution in [0.1, 0.15) is 12.8 Å². The lowest BCUT2D eigenvalue weighted by atomic mass is 10.1. The molecule has 6 heterocycles. The van der Waals surface area contributed by atoms with Crippen LogP contribution in [0.4, 0.5) is 26.4 Å². The fraction of sp³-hybridized carbons (Fsp3) is 0.238. The summed E-state index contributed by atoms with van der Waals surface area (Å²) in [5.41, 5.74) is 2.70. The van der Waals surface area contributed by atoms with Crippen molar-refractivity contribution in [3.8, 4) is 11.3 Å². The van der Waals surface area contributed by atoms with Crippen molar-refractivity contribution in [3.63, 3.8) is 0 Å². The Morgan fingerprint density at radius 3 is 2.72 bits per heavy atom. The number of carbonyl (C=O) groups excluding carboxylic acids is 1. The first-order valence-corrected chi connectivity index (χ1v) is 9.56. The van der Waals surface area contributed by atoms with E-state index >= 15 is 0 Å². The van der Waals surface area contributed by atoms with Crippen molar-refractivity contribution in [1.29, 1.82) is 0 Å². The zero-order chi connectivity index (χ0) is 19.8. The summed E-state index contributed by atoms with van der Waals surface area (Å²) in [5, 5.41) is 2.93. The number of carbonyl (C=O) groups is 1. The van der Waals surface area contributed by atoms with E-state index in [0.717, 1.165) is 37.8 Å². The minimum Gasteiger partial charge on any atom is -0.368 e. The van der Waals surface area contributed by atoms with Gasteiger partial charge in [-0.2, -0.15) is 0 Å². The highest BCUT2D eigenvalue weighted by Gasteiger charge is 2.37. The van der Waals surface area contributed by atoms with Crippen LogP contribution >= 0.6 is 0 Å². The number of amides is 2. The van der Waals surface area contributed by atoms with Crippen molar-refractivity contribution in [3.05, 3.63) is 60.9 Å². The lowest BCUT2D eigenvalue weighted by Crippen LogP contribution is -2.46. The number of rotatable bonds is 2. The van der Waals surface area contributed by atoms with Gasteiger partial charge in [0.2, 0.25) is 0 Å². The molecule has 0 aromatic carbocycles. The smallest absolute Gasteiger partial charge is 0.327 e. The van der Waals surface area contributed by atoms with Crippen molar-refractivity contribution in [1.82, 2.24) is 15.0 Å². The van der Waals surface area contributed by atoms with Gasteiger partial charge in [-0.05, 0) is 43.2 Å². The molecule has 7 nitrogen and oxygen atoms in total. The highest BCUT2D eigenvalue weighted by Crippen LogP contribution is 2.39. The molecular weight excluding hydrogens is 371 g/mol. The molecule has 3 aliphatic rings. The van der Waals surface area contributed by atoms with E-state index in [2.05, 4.69) is 20.2 Å². The van der Waals surface area contributed by atoms with Gasteiger partial charge in [0, 0.05) is 37.1 Å². The van der Waals surface area contributed by atoms with Crippen LogP contribution in [-0.4, -0.2) is 40.1 Å². The van der Waals surface area contributed by atoms with Crippen LogP contribution in [0.15, 0.2) is 55.1 Å². The Kier molecular flexibility index (Phi) is 4.31. The summed E-state index contributed by atoms with van der Waals surface area (Å²) in [6.45, 7) is 1.74. The van der Waals surface area contributed by atoms with E-state index in [1.807, 2.05) is 12.1 Å². The molecule has 3 aromatic rings. The maximum atomic E-state index is 13.7. The monoisotopic (exact) mass is 390 g/mol. The second-order valence-corrected chi connectivity index (χ2v) is 7.19. The summed E-state index contributed by atoms with van der Waals surface area (Å²) in [4.78, 5) is 30.0. The number of hydrogen-bond donors (Lipinski definition) is 1. The van der Waals surface area contributed by atoms with Gasteiger partial charge in [0.25, 0.3) is 0 Å². The molecule has 6 rings (SSSR count). The fourth-order valence-corrected chi connectivity index (χ4v) is 4.00. The van der Waals surface area contributed by atoms with Crippen LogP contribution in [0.3, 0.4) is 0 Å². The Bertz CT molecular complexity index is 1050. The van der Waals surface area contributed by atoms with E-state index in [0.29, 0.717) is 22.8 Å². The van der Waals surface area contributed by atoms with E-state index in [-0.39, 0.29) is 12.1 Å². The van der Waals surface area contributed by atoms with Crippen LogP contribution in [0.5, 0.6) is 0 Å². The van der Waals surface area contributed by atoms with Gasteiger partial charge in [-0.15, -0.1) is 0 Å². The molecule has 0 saturated carbocycles. The number of aromatic nitrogens is 3. The van der Waals surface area contributed by atoms with Crippen LogP contribution < -0.4 is 15.1 Å². The average molecular weight is 390 g/mol. The predicted octanol–water partition coefficient (Wildman–Crippen LogP) is 3.70. The van der Waals surface area contributed by atoms with Gasteiger partial charge in [-0.25, -0.2) is 14.2 Å². The maximum absolute atomic E-state index is 13.7. The molecule has 3 aromatic heterocycles. The first-order valence-electron chi connectivity index (χ1n) is 9.56. The molecule has 1 fully saturated rings. The predicted molar refractivity (Wildman–Crippen MR) is 108 cm³/mol. The summed E-state index contributed by atoms with van der Waals surface area (Å²) in [6.07, 6.45) is 7.74. The lowest BCUT2D eigenvalue weighted by molar-refractivity contribution is 0.253. The molecule has 2 amide bonds.